The van der Waals surface area contributed by atoms with Crippen LogP contribution in [0.3, 0.4) is 0 Å². The van der Waals surface area contributed by atoms with Gasteiger partial charge in [0.15, 0.2) is 11.8 Å². The molecule has 0 bridgehead atoms. The van der Waals surface area contributed by atoms with Gasteiger partial charge in [-0.2, -0.15) is 0 Å². The van der Waals surface area contributed by atoms with Crippen molar-refractivity contribution in [2.45, 2.75) is 110 Å². The standard InChI is InChI=1S/C22H39NO4/c1-2-3-4-5-6-7-8-9-10-12-15-19-18-20(24)23(22(19)27)17-14-11-13-16-21(25)26/h18,24,27H,2-17H2,1H3,(H,25,26). The van der Waals surface area contributed by atoms with E-state index in [-0.39, 0.29) is 18.2 Å². The van der Waals surface area contributed by atoms with Gasteiger partial charge < -0.3 is 15.3 Å². The molecule has 1 heterocycles. The molecule has 0 unspecified atom stereocenters. The van der Waals surface area contributed by atoms with E-state index in [1.54, 1.807) is 6.07 Å². The topological polar surface area (TPSA) is 82.7 Å². The fraction of sp³-hybridized carbons (Fsp3) is 0.773. The molecule has 3 N–H and O–H groups in total. The molecule has 0 fully saturated rings. The highest BCUT2D eigenvalue weighted by Gasteiger charge is 2.13. The summed E-state index contributed by atoms with van der Waals surface area (Å²) in [5, 5.41) is 29.0. The molecule has 0 spiro atoms. The lowest BCUT2D eigenvalue weighted by atomic mass is 10.0. The van der Waals surface area contributed by atoms with Crippen LogP contribution in [0.25, 0.3) is 0 Å². The maximum Gasteiger partial charge on any atom is 0.303 e. The smallest absolute Gasteiger partial charge is 0.303 e. The number of hydrogen-bond donors (Lipinski definition) is 3. The molecule has 0 atom stereocenters. The zero-order chi connectivity index (χ0) is 19.9. The molecule has 0 aliphatic heterocycles. The zero-order valence-electron chi connectivity index (χ0n) is 17.1. The molecule has 0 saturated heterocycles. The molecule has 0 aliphatic carbocycles. The van der Waals surface area contributed by atoms with Crippen molar-refractivity contribution in [3.63, 3.8) is 0 Å². The normalized spacial score (nSPS) is 11.1. The van der Waals surface area contributed by atoms with Crippen LogP contribution < -0.4 is 0 Å². The summed E-state index contributed by atoms with van der Waals surface area (Å²) in [6.45, 7) is 2.77. The zero-order valence-corrected chi connectivity index (χ0v) is 17.1. The van der Waals surface area contributed by atoms with E-state index >= 15 is 0 Å². The van der Waals surface area contributed by atoms with E-state index in [4.69, 9.17) is 5.11 Å². The molecule has 0 radical (unpaired) electrons. The van der Waals surface area contributed by atoms with Crippen molar-refractivity contribution in [2.75, 3.05) is 0 Å². The quantitative estimate of drug-likeness (QED) is 0.289. The van der Waals surface area contributed by atoms with Crippen LogP contribution in [0.2, 0.25) is 0 Å². The summed E-state index contributed by atoms with van der Waals surface area (Å²) in [6.07, 6.45) is 15.9. The molecular formula is C22H39NO4. The van der Waals surface area contributed by atoms with Gasteiger partial charge in [0, 0.05) is 24.6 Å². The number of carboxylic acids is 1. The lowest BCUT2D eigenvalue weighted by molar-refractivity contribution is -0.137. The minimum absolute atomic E-state index is 0.104. The van der Waals surface area contributed by atoms with Gasteiger partial charge in [0.1, 0.15) is 0 Å². The fourth-order valence-corrected chi connectivity index (χ4v) is 3.51. The van der Waals surface area contributed by atoms with E-state index in [0.29, 0.717) is 13.0 Å². The van der Waals surface area contributed by atoms with Crippen LogP contribution in [0.5, 0.6) is 11.8 Å². The Labute approximate surface area is 164 Å². The maximum absolute atomic E-state index is 10.5. The second kappa shape index (κ2) is 14.4. The van der Waals surface area contributed by atoms with E-state index in [0.717, 1.165) is 37.7 Å². The number of rotatable bonds is 17. The molecular weight excluding hydrogens is 342 g/mol. The van der Waals surface area contributed by atoms with Gasteiger partial charge in [-0.15, -0.1) is 0 Å². The first-order valence-electron chi connectivity index (χ1n) is 10.9. The molecule has 1 aromatic rings. The highest BCUT2D eigenvalue weighted by molar-refractivity contribution is 5.66. The number of unbranched alkanes of at least 4 members (excludes halogenated alkanes) is 11. The van der Waals surface area contributed by atoms with Gasteiger partial charge in [-0.25, -0.2) is 0 Å². The van der Waals surface area contributed by atoms with Crippen molar-refractivity contribution in [2.24, 2.45) is 0 Å². The lowest BCUT2D eigenvalue weighted by Crippen LogP contribution is -1.99. The third kappa shape index (κ3) is 10.3. The average Bonchev–Trinajstić information content (AvgIpc) is 2.90. The molecule has 0 amide bonds. The Morgan fingerprint density at radius 3 is 2.00 bits per heavy atom. The van der Waals surface area contributed by atoms with Gasteiger partial charge in [0.25, 0.3) is 0 Å². The van der Waals surface area contributed by atoms with Crippen LogP contribution in [-0.2, 0) is 17.8 Å². The Bertz CT molecular complexity index is 525. The Morgan fingerprint density at radius 1 is 0.852 bits per heavy atom. The van der Waals surface area contributed by atoms with Crippen LogP contribution in [0, 0.1) is 0 Å². The summed E-state index contributed by atoms with van der Waals surface area (Å²) in [7, 11) is 0. The van der Waals surface area contributed by atoms with E-state index in [1.165, 1.54) is 55.9 Å². The van der Waals surface area contributed by atoms with Crippen LogP contribution >= 0.6 is 0 Å². The highest BCUT2D eigenvalue weighted by atomic mass is 16.4. The Hall–Kier alpha value is -1.65. The number of aromatic hydroxyl groups is 2. The molecule has 0 aromatic carbocycles. The summed E-state index contributed by atoms with van der Waals surface area (Å²) < 4.78 is 1.53. The van der Waals surface area contributed by atoms with Gasteiger partial charge in [0.05, 0.1) is 0 Å². The first-order valence-corrected chi connectivity index (χ1v) is 10.9. The van der Waals surface area contributed by atoms with Gasteiger partial charge in [0.2, 0.25) is 0 Å². The second-order valence-electron chi connectivity index (χ2n) is 7.64. The monoisotopic (exact) mass is 381 g/mol. The van der Waals surface area contributed by atoms with E-state index < -0.39 is 5.97 Å². The number of nitrogens with zero attached hydrogens (tertiary/aromatic N) is 1. The van der Waals surface area contributed by atoms with Crippen molar-refractivity contribution in [1.29, 1.82) is 0 Å². The first kappa shape index (κ1) is 23.4. The average molecular weight is 382 g/mol. The number of aromatic nitrogens is 1. The first-order chi connectivity index (χ1) is 13.1. The van der Waals surface area contributed by atoms with Crippen molar-refractivity contribution in [3.8, 4) is 11.8 Å². The summed E-state index contributed by atoms with van der Waals surface area (Å²) in [5.41, 5.74) is 0.817. The number of hydrogen-bond acceptors (Lipinski definition) is 3. The van der Waals surface area contributed by atoms with Crippen LogP contribution in [0.4, 0.5) is 0 Å². The number of carbonyl (C=O) groups is 1. The number of aliphatic carboxylic acids is 1. The largest absolute Gasteiger partial charge is 0.494 e. The van der Waals surface area contributed by atoms with Crippen molar-refractivity contribution in [1.82, 2.24) is 4.57 Å². The fourth-order valence-electron chi connectivity index (χ4n) is 3.51. The molecule has 0 aliphatic rings. The molecule has 156 valence electrons. The predicted molar refractivity (Wildman–Crippen MR) is 109 cm³/mol. The molecule has 1 aromatic heterocycles. The summed E-state index contributed by atoms with van der Waals surface area (Å²) in [5.74, 6) is -0.505. The Morgan fingerprint density at radius 2 is 1.41 bits per heavy atom. The van der Waals surface area contributed by atoms with E-state index in [2.05, 4.69) is 6.92 Å². The summed E-state index contributed by atoms with van der Waals surface area (Å²) >= 11 is 0. The Balaban J connectivity index is 2.16. The minimum atomic E-state index is -0.777. The van der Waals surface area contributed by atoms with Gasteiger partial charge >= 0.3 is 5.97 Å². The number of aryl methyl sites for hydroxylation is 1. The predicted octanol–water partition coefficient (Wildman–Crippen LogP) is 6.01. The van der Waals surface area contributed by atoms with Crippen LogP contribution in [0.1, 0.15) is 102 Å². The summed E-state index contributed by atoms with van der Waals surface area (Å²) in [4.78, 5) is 10.5. The molecule has 0 saturated carbocycles. The minimum Gasteiger partial charge on any atom is -0.494 e. The molecule has 5 nitrogen and oxygen atoms in total. The number of carboxylic acid groups (broad SMARTS) is 1. The van der Waals surface area contributed by atoms with Gasteiger partial charge in [-0.05, 0) is 25.7 Å². The van der Waals surface area contributed by atoms with Crippen LogP contribution in [0.15, 0.2) is 6.07 Å². The van der Waals surface area contributed by atoms with E-state index in [9.17, 15) is 15.0 Å². The SMILES string of the molecule is CCCCCCCCCCCCc1cc(O)n(CCCCCC(=O)O)c1O. The molecule has 27 heavy (non-hydrogen) atoms. The second-order valence-corrected chi connectivity index (χ2v) is 7.64. The highest BCUT2D eigenvalue weighted by Crippen LogP contribution is 2.29. The van der Waals surface area contributed by atoms with Crippen molar-refractivity contribution >= 4 is 5.97 Å². The van der Waals surface area contributed by atoms with Gasteiger partial charge in [-0.3, -0.25) is 9.36 Å². The molecule has 5 heteroatoms. The van der Waals surface area contributed by atoms with E-state index in [1.807, 2.05) is 0 Å². The molecule has 1 rings (SSSR count). The van der Waals surface area contributed by atoms with Crippen molar-refractivity contribution in [3.05, 3.63) is 11.6 Å². The van der Waals surface area contributed by atoms with Crippen molar-refractivity contribution < 1.29 is 20.1 Å². The Kier molecular flexibility index (Phi) is 12.5. The van der Waals surface area contributed by atoms with Gasteiger partial charge in [-0.1, -0.05) is 71.1 Å². The lowest BCUT2D eigenvalue weighted by Gasteiger charge is -2.07. The summed E-state index contributed by atoms with van der Waals surface area (Å²) in [6, 6.07) is 1.67. The third-order valence-electron chi connectivity index (χ3n) is 5.19. The van der Waals surface area contributed by atoms with Crippen LogP contribution in [-0.4, -0.2) is 25.9 Å². The maximum atomic E-state index is 10.5. The third-order valence-corrected chi connectivity index (χ3v) is 5.19.